The summed E-state index contributed by atoms with van der Waals surface area (Å²) in [6.45, 7) is 1.34. The first-order chi connectivity index (χ1) is 14.5. The van der Waals surface area contributed by atoms with Crippen molar-refractivity contribution >= 4 is 15.9 Å². The predicted octanol–water partition coefficient (Wildman–Crippen LogP) is 3.05. The second-order valence-electron chi connectivity index (χ2n) is 7.96. The van der Waals surface area contributed by atoms with Crippen molar-refractivity contribution < 1.29 is 17.9 Å². The molecule has 4 rings (SSSR count). The van der Waals surface area contributed by atoms with Crippen LogP contribution in [-0.2, 0) is 34.2 Å². The quantitative estimate of drug-likeness (QED) is 0.736. The van der Waals surface area contributed by atoms with Gasteiger partial charge in [-0.25, -0.2) is 8.42 Å². The van der Waals surface area contributed by atoms with Gasteiger partial charge in [0.2, 0.25) is 10.0 Å². The summed E-state index contributed by atoms with van der Waals surface area (Å²) in [5.74, 6) is 0.472. The zero-order chi connectivity index (χ0) is 21.0. The number of nitrogens with zero attached hydrogens (tertiary/aromatic N) is 1. The number of rotatable bonds is 7. The van der Waals surface area contributed by atoms with E-state index >= 15 is 0 Å². The van der Waals surface area contributed by atoms with Gasteiger partial charge in [-0.2, -0.15) is 4.31 Å². The van der Waals surface area contributed by atoms with Crippen LogP contribution in [-0.4, -0.2) is 38.3 Å². The molecule has 2 aromatic rings. The zero-order valence-corrected chi connectivity index (χ0v) is 17.9. The monoisotopic (exact) mass is 428 g/mol. The van der Waals surface area contributed by atoms with Crippen molar-refractivity contribution in [3.63, 3.8) is 0 Å². The van der Waals surface area contributed by atoms with E-state index in [9.17, 15) is 13.2 Å². The Kier molecular flexibility index (Phi) is 6.39. The number of hydrogen-bond donors (Lipinski definition) is 1. The first kappa shape index (κ1) is 20.9. The van der Waals surface area contributed by atoms with E-state index in [-0.39, 0.29) is 24.0 Å². The molecule has 6 nitrogen and oxygen atoms in total. The SMILES string of the molecule is O=C(COc1ccc2c(c1)CCC2)NCc1cccc(S(=O)(=O)N2CCCCC2)c1. The predicted molar refractivity (Wildman–Crippen MR) is 115 cm³/mol. The number of aryl methyl sites for hydroxylation is 2. The minimum absolute atomic E-state index is 0.0649. The molecule has 0 atom stereocenters. The Morgan fingerprint density at radius 3 is 2.60 bits per heavy atom. The largest absolute Gasteiger partial charge is 0.484 e. The number of fused-ring (bicyclic) bond motifs is 1. The van der Waals surface area contributed by atoms with Gasteiger partial charge in [0.05, 0.1) is 4.90 Å². The molecule has 0 bridgehead atoms. The molecule has 1 aliphatic heterocycles. The second-order valence-corrected chi connectivity index (χ2v) is 9.90. The molecule has 0 unspecified atom stereocenters. The smallest absolute Gasteiger partial charge is 0.258 e. The number of benzene rings is 2. The normalized spacial score (nSPS) is 16.8. The standard InChI is InChI=1S/C23H28N2O4S/c26-23(17-29-21-11-10-19-7-5-8-20(19)15-21)24-16-18-6-4-9-22(14-18)30(27,28)25-12-2-1-3-13-25/h4,6,9-11,14-15H,1-3,5,7-8,12-13,16-17H2,(H,24,26). The van der Waals surface area contributed by atoms with Crippen LogP contribution in [0.15, 0.2) is 47.4 Å². The number of amides is 1. The molecule has 0 aromatic heterocycles. The van der Waals surface area contributed by atoms with Gasteiger partial charge in [-0.3, -0.25) is 4.79 Å². The molecule has 1 saturated heterocycles. The van der Waals surface area contributed by atoms with Crippen LogP contribution in [0.2, 0.25) is 0 Å². The van der Waals surface area contributed by atoms with E-state index in [1.54, 1.807) is 22.5 Å². The Hall–Kier alpha value is -2.38. The molecular formula is C23H28N2O4S. The van der Waals surface area contributed by atoms with Crippen molar-refractivity contribution in [2.24, 2.45) is 0 Å². The van der Waals surface area contributed by atoms with Gasteiger partial charge < -0.3 is 10.1 Å². The van der Waals surface area contributed by atoms with Crippen LogP contribution in [0.4, 0.5) is 0 Å². The Morgan fingerprint density at radius 1 is 0.967 bits per heavy atom. The number of hydrogen-bond acceptors (Lipinski definition) is 4. The van der Waals surface area contributed by atoms with Crippen molar-refractivity contribution in [3.05, 3.63) is 59.2 Å². The fraction of sp³-hybridized carbons (Fsp3) is 0.435. The number of nitrogens with one attached hydrogen (secondary N) is 1. The van der Waals surface area contributed by atoms with Crippen LogP contribution in [0, 0.1) is 0 Å². The molecule has 2 aliphatic rings. The molecule has 160 valence electrons. The number of piperidine rings is 1. The van der Waals surface area contributed by atoms with Gasteiger partial charge in [-0.1, -0.05) is 24.6 Å². The van der Waals surface area contributed by atoms with Gasteiger partial charge in [0.25, 0.3) is 5.91 Å². The van der Waals surface area contributed by atoms with Gasteiger partial charge >= 0.3 is 0 Å². The molecule has 1 aliphatic carbocycles. The third-order valence-corrected chi connectivity index (χ3v) is 7.68. The minimum Gasteiger partial charge on any atom is -0.484 e. The first-order valence-electron chi connectivity index (χ1n) is 10.6. The molecule has 0 radical (unpaired) electrons. The summed E-state index contributed by atoms with van der Waals surface area (Å²) in [6, 6.07) is 12.8. The van der Waals surface area contributed by atoms with E-state index < -0.39 is 10.0 Å². The lowest BCUT2D eigenvalue weighted by Gasteiger charge is -2.26. The van der Waals surface area contributed by atoms with E-state index in [0.29, 0.717) is 18.8 Å². The molecular weight excluding hydrogens is 400 g/mol. The summed E-state index contributed by atoms with van der Waals surface area (Å²) in [5.41, 5.74) is 3.42. The van der Waals surface area contributed by atoms with Crippen molar-refractivity contribution in [2.45, 2.75) is 50.0 Å². The summed E-state index contributed by atoms with van der Waals surface area (Å²) < 4.78 is 32.9. The van der Waals surface area contributed by atoms with Crippen molar-refractivity contribution in [3.8, 4) is 5.75 Å². The number of ether oxygens (including phenoxy) is 1. The highest BCUT2D eigenvalue weighted by atomic mass is 32.2. The van der Waals surface area contributed by atoms with E-state index in [1.807, 2.05) is 18.2 Å². The summed E-state index contributed by atoms with van der Waals surface area (Å²) in [4.78, 5) is 12.5. The number of carbonyl (C=O) groups excluding carboxylic acids is 1. The van der Waals surface area contributed by atoms with Gasteiger partial charge in [0.15, 0.2) is 6.61 Å². The molecule has 0 spiro atoms. The second kappa shape index (κ2) is 9.18. The lowest BCUT2D eigenvalue weighted by Crippen LogP contribution is -2.35. The van der Waals surface area contributed by atoms with Gasteiger partial charge in [0.1, 0.15) is 5.75 Å². The van der Waals surface area contributed by atoms with Crippen molar-refractivity contribution in [1.29, 1.82) is 0 Å². The maximum absolute atomic E-state index is 12.8. The molecule has 7 heteroatoms. The van der Waals surface area contributed by atoms with Crippen LogP contribution < -0.4 is 10.1 Å². The molecule has 1 amide bonds. The minimum atomic E-state index is -3.48. The number of sulfonamides is 1. The fourth-order valence-corrected chi connectivity index (χ4v) is 5.70. The van der Waals surface area contributed by atoms with Gasteiger partial charge in [-0.15, -0.1) is 0 Å². The third-order valence-electron chi connectivity index (χ3n) is 5.78. The lowest BCUT2D eigenvalue weighted by molar-refractivity contribution is -0.123. The number of carbonyl (C=O) groups is 1. The Bertz CT molecular complexity index is 1010. The van der Waals surface area contributed by atoms with Gasteiger partial charge in [0, 0.05) is 19.6 Å². The Labute approximate surface area is 178 Å². The van der Waals surface area contributed by atoms with Crippen LogP contribution in [0.3, 0.4) is 0 Å². The summed E-state index contributed by atoms with van der Waals surface area (Å²) >= 11 is 0. The summed E-state index contributed by atoms with van der Waals surface area (Å²) in [6.07, 6.45) is 6.23. The van der Waals surface area contributed by atoms with Crippen LogP contribution >= 0.6 is 0 Å². The lowest BCUT2D eigenvalue weighted by atomic mass is 10.1. The van der Waals surface area contributed by atoms with Crippen molar-refractivity contribution in [2.75, 3.05) is 19.7 Å². The highest BCUT2D eigenvalue weighted by Gasteiger charge is 2.25. The van der Waals surface area contributed by atoms with E-state index in [1.165, 1.54) is 17.5 Å². The average Bonchev–Trinajstić information content (AvgIpc) is 3.25. The zero-order valence-electron chi connectivity index (χ0n) is 17.1. The Morgan fingerprint density at radius 2 is 1.77 bits per heavy atom. The highest BCUT2D eigenvalue weighted by molar-refractivity contribution is 7.89. The molecule has 0 saturated carbocycles. The Balaban J connectivity index is 1.31. The van der Waals surface area contributed by atoms with E-state index in [2.05, 4.69) is 11.4 Å². The molecule has 1 N–H and O–H groups in total. The van der Waals surface area contributed by atoms with E-state index in [0.717, 1.165) is 37.7 Å². The maximum atomic E-state index is 12.8. The fourth-order valence-electron chi connectivity index (χ4n) is 4.11. The van der Waals surface area contributed by atoms with Crippen LogP contribution in [0.5, 0.6) is 5.75 Å². The van der Waals surface area contributed by atoms with Crippen LogP contribution in [0.25, 0.3) is 0 Å². The molecule has 2 aromatic carbocycles. The topological polar surface area (TPSA) is 75.7 Å². The molecule has 1 heterocycles. The first-order valence-corrected chi connectivity index (χ1v) is 12.1. The van der Waals surface area contributed by atoms with Crippen molar-refractivity contribution in [1.82, 2.24) is 9.62 Å². The highest BCUT2D eigenvalue weighted by Crippen LogP contribution is 2.26. The van der Waals surface area contributed by atoms with Crippen LogP contribution in [0.1, 0.15) is 42.4 Å². The molecule has 30 heavy (non-hydrogen) atoms. The maximum Gasteiger partial charge on any atom is 0.258 e. The third kappa shape index (κ3) is 4.84. The summed E-state index contributed by atoms with van der Waals surface area (Å²) in [7, 11) is -3.48. The summed E-state index contributed by atoms with van der Waals surface area (Å²) in [5, 5.41) is 2.81. The average molecular weight is 429 g/mol. The van der Waals surface area contributed by atoms with Gasteiger partial charge in [-0.05, 0) is 73.1 Å². The molecule has 1 fully saturated rings. The van der Waals surface area contributed by atoms with E-state index in [4.69, 9.17) is 4.74 Å².